The molecule has 0 saturated heterocycles. The van der Waals surface area contributed by atoms with Gasteiger partial charge in [-0.15, -0.1) is 8.68 Å². The monoisotopic (exact) mass is 516 g/mol. The van der Waals surface area contributed by atoms with E-state index in [4.69, 9.17) is 0 Å². The summed E-state index contributed by atoms with van der Waals surface area (Å²) in [6.45, 7) is 1.81. The molecule has 0 saturated carbocycles. The molecule has 12 heteroatoms. The van der Waals surface area contributed by atoms with Crippen LogP contribution in [0.2, 0.25) is 0 Å². The van der Waals surface area contributed by atoms with Crippen LogP contribution in [0.3, 0.4) is 0 Å². The highest BCUT2D eigenvalue weighted by Crippen LogP contribution is 2.39. The molecule has 0 radical (unpaired) electrons. The molecule has 32 heavy (non-hydrogen) atoms. The summed E-state index contributed by atoms with van der Waals surface area (Å²) in [6.07, 6.45) is 1.72. The molecular formula is C20H20Cl2N2O6P2. The van der Waals surface area contributed by atoms with Crippen LogP contribution in [0.5, 0.6) is 0 Å². The van der Waals surface area contributed by atoms with Crippen molar-refractivity contribution in [3.63, 3.8) is 0 Å². The number of hydrogen-bond donors (Lipinski definition) is 4. The fourth-order valence-corrected chi connectivity index (χ4v) is 5.49. The van der Waals surface area contributed by atoms with Crippen LogP contribution in [0.25, 0.3) is 32.9 Å². The second kappa shape index (κ2) is 9.56. The highest BCUT2D eigenvalue weighted by molar-refractivity contribution is 7.44. The van der Waals surface area contributed by atoms with Crippen LogP contribution >= 0.6 is 15.5 Å². The smallest absolute Gasteiger partial charge is 0.608 e. The normalized spacial score (nSPS) is 11.8. The third-order valence-corrected chi connectivity index (χ3v) is 6.93. The lowest BCUT2D eigenvalue weighted by Crippen LogP contribution is -3.00. The number of fused-ring (bicyclic) bond motifs is 2. The maximum Gasteiger partial charge on any atom is 0.608 e. The number of benzene rings is 2. The van der Waals surface area contributed by atoms with Gasteiger partial charge in [0.1, 0.15) is 0 Å². The van der Waals surface area contributed by atoms with E-state index in [1.54, 1.807) is 60.7 Å². The molecule has 4 rings (SSSR count). The Bertz CT molecular complexity index is 1400. The SMILES string of the molecule is CCc1cc(-c2cc[n+](P(=O)(O)O)c3ccccc23)c2ccccc2[n+]1P(=O)(O)O.[Cl-].[Cl-]. The minimum Gasteiger partial charge on any atom is -1.00 e. The predicted octanol–water partition coefficient (Wildman–Crippen LogP) is -3.31. The highest BCUT2D eigenvalue weighted by Gasteiger charge is 2.36. The Morgan fingerprint density at radius 3 is 1.81 bits per heavy atom. The zero-order chi connectivity index (χ0) is 21.7. The zero-order valence-corrected chi connectivity index (χ0v) is 20.0. The van der Waals surface area contributed by atoms with Gasteiger partial charge in [-0.1, -0.05) is 31.2 Å². The number of aryl methyl sites for hydroxylation is 1. The molecule has 0 atom stereocenters. The molecule has 0 aliphatic rings. The van der Waals surface area contributed by atoms with Gasteiger partial charge in [0.2, 0.25) is 11.0 Å². The standard InChI is InChI=1S/C20H18N2O6P2.2ClH/c1-2-14-13-18(17-8-4-6-10-20(17)22(14)30(26,27)28)15-11-12-21(29(23,24)25)19-9-5-3-7-16(15)19;;/h3-13H,2H2,1H3,(H2-2,23,24,25,26,27,28);2*1H. The Balaban J connectivity index is 0.00000181. The lowest BCUT2D eigenvalue weighted by molar-refractivity contribution is -0.519. The molecule has 0 spiro atoms. The molecule has 0 aliphatic carbocycles. The molecule has 2 aromatic carbocycles. The second-order valence-electron chi connectivity index (χ2n) is 6.85. The van der Waals surface area contributed by atoms with E-state index in [1.165, 1.54) is 6.20 Å². The number of hydrogen-bond acceptors (Lipinski definition) is 2. The van der Waals surface area contributed by atoms with Gasteiger partial charge in [-0.2, -0.15) is 9.13 Å². The number of pyridine rings is 2. The summed E-state index contributed by atoms with van der Waals surface area (Å²) < 4.78 is 26.1. The van der Waals surface area contributed by atoms with Crippen molar-refractivity contribution >= 4 is 37.3 Å². The van der Waals surface area contributed by atoms with Gasteiger partial charge in [0.05, 0.1) is 10.8 Å². The molecule has 0 bridgehead atoms. The van der Waals surface area contributed by atoms with Gasteiger partial charge >= 0.3 is 15.5 Å². The molecule has 4 N–H and O–H groups in total. The van der Waals surface area contributed by atoms with E-state index in [2.05, 4.69) is 0 Å². The quantitative estimate of drug-likeness (QED) is 0.211. The van der Waals surface area contributed by atoms with Crippen LogP contribution in [0.4, 0.5) is 0 Å². The van der Waals surface area contributed by atoms with E-state index in [-0.39, 0.29) is 24.8 Å². The average molecular weight is 517 g/mol. The Morgan fingerprint density at radius 1 is 0.750 bits per heavy atom. The van der Waals surface area contributed by atoms with Gasteiger partial charge in [-0.25, -0.2) is 0 Å². The largest absolute Gasteiger partial charge is 1.00 e. The first-order valence-electron chi connectivity index (χ1n) is 9.16. The van der Waals surface area contributed by atoms with E-state index >= 15 is 0 Å². The number of para-hydroxylation sites is 2. The first-order chi connectivity index (χ1) is 14.1. The molecule has 4 aromatic rings. The molecule has 2 aromatic heterocycles. The van der Waals surface area contributed by atoms with Crippen molar-refractivity contribution in [3.05, 3.63) is 72.6 Å². The molecule has 0 fully saturated rings. The maximum absolute atomic E-state index is 12.2. The first-order valence-corrected chi connectivity index (χ1v) is 12.3. The van der Waals surface area contributed by atoms with Crippen LogP contribution in [0.15, 0.2) is 66.9 Å². The van der Waals surface area contributed by atoms with Crippen LogP contribution in [-0.2, 0) is 15.6 Å². The lowest BCUT2D eigenvalue weighted by Gasteiger charge is -2.13. The molecule has 2 heterocycles. The van der Waals surface area contributed by atoms with Gasteiger partial charge < -0.3 is 24.8 Å². The number of aromatic nitrogens is 2. The van der Waals surface area contributed by atoms with Crippen molar-refractivity contribution in [2.45, 2.75) is 13.3 Å². The van der Waals surface area contributed by atoms with E-state index in [0.29, 0.717) is 39.5 Å². The van der Waals surface area contributed by atoms with Crippen molar-refractivity contribution in [1.82, 2.24) is 0 Å². The molecule has 0 aliphatic heterocycles. The molecule has 0 amide bonds. The summed E-state index contributed by atoms with van der Waals surface area (Å²) in [7, 11) is -9.16. The molecular weight excluding hydrogens is 497 g/mol. The first kappa shape index (κ1) is 26.4. The fourth-order valence-electron chi connectivity index (χ4n) is 3.81. The van der Waals surface area contributed by atoms with Crippen molar-refractivity contribution in [2.24, 2.45) is 0 Å². The Hall–Kier alpha value is -1.86. The third kappa shape index (κ3) is 4.60. The van der Waals surface area contributed by atoms with Gasteiger partial charge in [0, 0.05) is 41.8 Å². The maximum atomic E-state index is 12.2. The van der Waals surface area contributed by atoms with Crippen LogP contribution < -0.4 is 33.5 Å². The highest BCUT2D eigenvalue weighted by atomic mass is 35.5. The fraction of sp³-hybridized carbons (Fsp3) is 0.100. The minimum atomic E-state index is -4.60. The van der Waals surface area contributed by atoms with Crippen LogP contribution in [0.1, 0.15) is 12.6 Å². The van der Waals surface area contributed by atoms with Gasteiger partial charge in [-0.05, 0) is 12.1 Å². The lowest BCUT2D eigenvalue weighted by atomic mass is 9.97. The van der Waals surface area contributed by atoms with Crippen LogP contribution in [-0.4, -0.2) is 19.6 Å². The van der Waals surface area contributed by atoms with Crippen LogP contribution in [0, 0.1) is 0 Å². The Morgan fingerprint density at radius 2 is 1.28 bits per heavy atom. The predicted molar refractivity (Wildman–Crippen MR) is 112 cm³/mol. The number of rotatable bonds is 4. The van der Waals surface area contributed by atoms with E-state index in [1.807, 2.05) is 6.92 Å². The molecule has 8 nitrogen and oxygen atoms in total. The van der Waals surface area contributed by atoms with Gasteiger partial charge in [-0.3, -0.25) is 19.6 Å². The second-order valence-corrected chi connectivity index (χ2v) is 9.73. The summed E-state index contributed by atoms with van der Waals surface area (Å²) in [4.78, 5) is 39.3. The summed E-state index contributed by atoms with van der Waals surface area (Å²) in [6, 6.07) is 17.1. The summed E-state index contributed by atoms with van der Waals surface area (Å²) in [5, 5.41) is 1.24. The third-order valence-electron chi connectivity index (χ3n) is 5.02. The van der Waals surface area contributed by atoms with E-state index < -0.39 is 15.5 Å². The minimum absolute atomic E-state index is 0. The molecule has 170 valence electrons. The van der Waals surface area contributed by atoms with Crippen molar-refractivity contribution < 1.29 is 62.2 Å². The average Bonchev–Trinajstić information content (AvgIpc) is 2.70. The van der Waals surface area contributed by atoms with Gasteiger partial charge in [0.15, 0.2) is 11.9 Å². The Kier molecular flexibility index (Phi) is 7.88. The van der Waals surface area contributed by atoms with Crippen molar-refractivity contribution in [2.75, 3.05) is 0 Å². The summed E-state index contributed by atoms with van der Waals surface area (Å²) in [5.74, 6) is 0. The number of nitrogens with zero attached hydrogens (tertiary/aromatic N) is 2. The number of halogens is 2. The van der Waals surface area contributed by atoms with E-state index in [9.17, 15) is 28.7 Å². The summed E-state index contributed by atoms with van der Waals surface area (Å²) >= 11 is 0. The summed E-state index contributed by atoms with van der Waals surface area (Å²) in [5.41, 5.74) is 2.63. The zero-order valence-electron chi connectivity index (χ0n) is 16.7. The van der Waals surface area contributed by atoms with E-state index in [0.717, 1.165) is 14.2 Å². The van der Waals surface area contributed by atoms with Crippen molar-refractivity contribution in [1.29, 1.82) is 0 Å². The molecule has 0 unspecified atom stereocenters. The van der Waals surface area contributed by atoms with Gasteiger partial charge in [0.25, 0.3) is 0 Å². The van der Waals surface area contributed by atoms with Crippen molar-refractivity contribution in [3.8, 4) is 11.1 Å². The topological polar surface area (TPSA) is 123 Å². The Labute approximate surface area is 196 Å².